The van der Waals surface area contributed by atoms with Crippen molar-refractivity contribution in [1.29, 1.82) is 0 Å². The van der Waals surface area contributed by atoms with E-state index >= 15 is 0 Å². The Balaban J connectivity index is 1.71. The molecule has 1 aliphatic heterocycles. The Kier molecular flexibility index (Phi) is 7.28. The molecule has 1 N–H and O–H groups in total. The van der Waals surface area contributed by atoms with Crippen LogP contribution in [-0.4, -0.2) is 65.6 Å². The minimum atomic E-state index is 0.121. The fourth-order valence-electron chi connectivity index (χ4n) is 3.72. The van der Waals surface area contributed by atoms with Gasteiger partial charge < -0.3 is 10.2 Å². The van der Waals surface area contributed by atoms with Crippen LogP contribution in [0.15, 0.2) is 12.2 Å². The quantitative estimate of drug-likeness (QED) is 0.754. The predicted octanol–water partition coefficient (Wildman–Crippen LogP) is 3.34. The third-order valence-electron chi connectivity index (χ3n) is 5.04. The monoisotopic (exact) mass is 339 g/mol. The standard InChI is InChI=1S/C18H33N3OS/c1-5-23-17-7-6-16(12-17)20(4)18(22)19-15-8-10-21(11-9-15)13-14(2)3/h15-17H,2,5-13H2,1,3-4H3,(H,19,22)/t16-,17-/m1/s1. The molecule has 0 bridgehead atoms. The summed E-state index contributed by atoms with van der Waals surface area (Å²) in [6, 6.07) is 0.867. The molecule has 1 saturated heterocycles. The predicted molar refractivity (Wildman–Crippen MR) is 100 cm³/mol. The second-order valence-electron chi connectivity index (χ2n) is 7.11. The second-order valence-corrected chi connectivity index (χ2v) is 8.69. The Hall–Kier alpha value is -0.680. The summed E-state index contributed by atoms with van der Waals surface area (Å²) in [5.41, 5.74) is 1.22. The molecule has 0 unspecified atom stereocenters. The molecule has 0 aromatic carbocycles. The van der Waals surface area contributed by atoms with E-state index in [0.29, 0.717) is 12.1 Å². The van der Waals surface area contributed by atoms with Gasteiger partial charge in [-0.05, 0) is 44.8 Å². The fourth-order valence-corrected chi connectivity index (χ4v) is 4.85. The van der Waals surface area contributed by atoms with Crippen LogP contribution < -0.4 is 5.32 Å². The number of urea groups is 1. The summed E-state index contributed by atoms with van der Waals surface area (Å²) in [5, 5.41) is 3.99. The Morgan fingerprint density at radius 1 is 1.30 bits per heavy atom. The van der Waals surface area contributed by atoms with Crippen molar-refractivity contribution in [3.8, 4) is 0 Å². The molecule has 2 atom stereocenters. The maximum Gasteiger partial charge on any atom is 0.317 e. The van der Waals surface area contributed by atoms with Crippen molar-refractivity contribution in [2.75, 3.05) is 32.4 Å². The van der Waals surface area contributed by atoms with Crippen LogP contribution in [0.3, 0.4) is 0 Å². The van der Waals surface area contributed by atoms with Gasteiger partial charge in [-0.3, -0.25) is 4.90 Å². The molecule has 1 aliphatic carbocycles. The smallest absolute Gasteiger partial charge is 0.317 e. The third-order valence-corrected chi connectivity index (χ3v) is 6.27. The molecule has 1 saturated carbocycles. The first-order valence-electron chi connectivity index (χ1n) is 9.01. The van der Waals surface area contributed by atoms with Gasteiger partial charge in [0.25, 0.3) is 0 Å². The molecule has 5 heteroatoms. The van der Waals surface area contributed by atoms with E-state index in [-0.39, 0.29) is 6.03 Å². The van der Waals surface area contributed by atoms with Crippen molar-refractivity contribution >= 4 is 17.8 Å². The van der Waals surface area contributed by atoms with Crippen molar-refractivity contribution in [2.24, 2.45) is 0 Å². The van der Waals surface area contributed by atoms with Gasteiger partial charge >= 0.3 is 6.03 Å². The number of piperidine rings is 1. The van der Waals surface area contributed by atoms with E-state index in [0.717, 1.165) is 50.6 Å². The first-order valence-corrected chi connectivity index (χ1v) is 10.1. The molecule has 0 aromatic heterocycles. The van der Waals surface area contributed by atoms with Crippen molar-refractivity contribution < 1.29 is 4.79 Å². The summed E-state index contributed by atoms with van der Waals surface area (Å²) in [6.45, 7) is 11.4. The molecule has 132 valence electrons. The van der Waals surface area contributed by atoms with E-state index in [1.165, 1.54) is 17.7 Å². The Labute approximate surface area is 146 Å². The lowest BCUT2D eigenvalue weighted by Crippen LogP contribution is -2.50. The third kappa shape index (κ3) is 5.71. The van der Waals surface area contributed by atoms with Crippen LogP contribution in [0.25, 0.3) is 0 Å². The van der Waals surface area contributed by atoms with Gasteiger partial charge in [0.1, 0.15) is 0 Å². The topological polar surface area (TPSA) is 35.6 Å². The number of carbonyl (C=O) groups excluding carboxylic acids is 1. The van der Waals surface area contributed by atoms with Gasteiger partial charge in [-0.2, -0.15) is 11.8 Å². The molecule has 23 heavy (non-hydrogen) atoms. The zero-order chi connectivity index (χ0) is 16.8. The average molecular weight is 340 g/mol. The zero-order valence-electron chi connectivity index (χ0n) is 15.0. The molecule has 2 fully saturated rings. The van der Waals surface area contributed by atoms with Gasteiger partial charge in [0.05, 0.1) is 0 Å². The molecule has 1 heterocycles. The largest absolute Gasteiger partial charge is 0.335 e. The summed E-state index contributed by atoms with van der Waals surface area (Å²) >= 11 is 2.04. The minimum absolute atomic E-state index is 0.121. The Bertz CT molecular complexity index is 407. The summed E-state index contributed by atoms with van der Waals surface area (Å²) in [4.78, 5) is 16.9. The first-order chi connectivity index (χ1) is 11.0. The SMILES string of the molecule is C=C(C)CN1CCC(NC(=O)N(C)[C@@H]2CC[C@@H](SCC)C2)CC1. The second kappa shape index (κ2) is 8.97. The van der Waals surface area contributed by atoms with Crippen LogP contribution in [0.4, 0.5) is 4.79 Å². The van der Waals surface area contributed by atoms with Crippen LogP contribution in [0.1, 0.15) is 46.0 Å². The van der Waals surface area contributed by atoms with Gasteiger partial charge in [-0.15, -0.1) is 0 Å². The van der Waals surface area contributed by atoms with Gasteiger partial charge in [0, 0.05) is 44.0 Å². The van der Waals surface area contributed by atoms with E-state index in [9.17, 15) is 4.79 Å². The number of hydrogen-bond acceptors (Lipinski definition) is 3. The number of likely N-dealkylation sites (tertiary alicyclic amines) is 1. The van der Waals surface area contributed by atoms with Crippen molar-refractivity contribution in [2.45, 2.75) is 63.3 Å². The molecule has 0 spiro atoms. The van der Waals surface area contributed by atoms with Gasteiger partial charge in [0.2, 0.25) is 0 Å². The highest BCUT2D eigenvalue weighted by Gasteiger charge is 2.31. The number of nitrogens with zero attached hydrogens (tertiary/aromatic N) is 2. The van der Waals surface area contributed by atoms with Gasteiger partial charge in [-0.1, -0.05) is 19.1 Å². The molecule has 0 radical (unpaired) electrons. The molecular formula is C18H33N3OS. The Morgan fingerprint density at radius 2 is 2.00 bits per heavy atom. The highest BCUT2D eigenvalue weighted by Crippen LogP contribution is 2.32. The van der Waals surface area contributed by atoms with E-state index < -0.39 is 0 Å². The van der Waals surface area contributed by atoms with Crippen molar-refractivity contribution in [3.05, 3.63) is 12.2 Å². The number of thioether (sulfide) groups is 1. The average Bonchev–Trinajstić information content (AvgIpc) is 2.97. The first kappa shape index (κ1) is 18.7. The normalized spacial score (nSPS) is 26.2. The minimum Gasteiger partial charge on any atom is -0.335 e. The molecule has 2 amide bonds. The summed E-state index contributed by atoms with van der Waals surface area (Å²) in [7, 11) is 1.97. The highest BCUT2D eigenvalue weighted by molar-refractivity contribution is 7.99. The summed E-state index contributed by atoms with van der Waals surface area (Å²) < 4.78 is 0. The highest BCUT2D eigenvalue weighted by atomic mass is 32.2. The number of carbonyl (C=O) groups is 1. The number of hydrogen-bond donors (Lipinski definition) is 1. The fraction of sp³-hybridized carbons (Fsp3) is 0.833. The van der Waals surface area contributed by atoms with Crippen LogP contribution in [-0.2, 0) is 0 Å². The Morgan fingerprint density at radius 3 is 2.61 bits per heavy atom. The lowest BCUT2D eigenvalue weighted by Gasteiger charge is -2.34. The maximum absolute atomic E-state index is 12.5. The van der Waals surface area contributed by atoms with E-state index in [4.69, 9.17) is 0 Å². The van der Waals surface area contributed by atoms with E-state index in [1.54, 1.807) is 0 Å². The molecule has 2 rings (SSSR count). The van der Waals surface area contributed by atoms with E-state index in [2.05, 4.69) is 30.6 Å². The number of amides is 2. The van der Waals surface area contributed by atoms with Crippen LogP contribution in [0.5, 0.6) is 0 Å². The zero-order valence-corrected chi connectivity index (χ0v) is 15.8. The molecule has 0 aromatic rings. The van der Waals surface area contributed by atoms with Gasteiger partial charge in [-0.25, -0.2) is 4.79 Å². The number of rotatable bonds is 6. The molecular weight excluding hydrogens is 306 g/mol. The molecule has 2 aliphatic rings. The van der Waals surface area contributed by atoms with Crippen LogP contribution >= 0.6 is 11.8 Å². The van der Waals surface area contributed by atoms with Crippen molar-refractivity contribution in [1.82, 2.24) is 15.1 Å². The van der Waals surface area contributed by atoms with Crippen molar-refractivity contribution in [3.63, 3.8) is 0 Å². The van der Waals surface area contributed by atoms with Crippen LogP contribution in [0, 0.1) is 0 Å². The maximum atomic E-state index is 12.5. The van der Waals surface area contributed by atoms with Crippen LogP contribution in [0.2, 0.25) is 0 Å². The lowest BCUT2D eigenvalue weighted by atomic mass is 10.0. The van der Waals surface area contributed by atoms with E-state index in [1.807, 2.05) is 23.7 Å². The van der Waals surface area contributed by atoms with Gasteiger partial charge in [0.15, 0.2) is 0 Å². The summed E-state index contributed by atoms with van der Waals surface area (Å²) in [6.07, 6.45) is 5.65. The lowest BCUT2D eigenvalue weighted by molar-refractivity contribution is 0.171. The molecule has 4 nitrogen and oxygen atoms in total. The number of nitrogens with one attached hydrogen (secondary N) is 1. The summed E-state index contributed by atoms with van der Waals surface area (Å²) in [5.74, 6) is 1.18.